The third kappa shape index (κ3) is 4.80. The number of rotatable bonds is 6. The van der Waals surface area contributed by atoms with Gasteiger partial charge in [-0.3, -0.25) is 14.7 Å². The van der Waals surface area contributed by atoms with Crippen LogP contribution in [0, 0.1) is 5.82 Å². The highest BCUT2D eigenvalue weighted by molar-refractivity contribution is 6.36. The van der Waals surface area contributed by atoms with Crippen molar-refractivity contribution in [3.05, 3.63) is 65.6 Å². The number of hydrogen-bond donors (Lipinski definition) is 0. The zero-order chi connectivity index (χ0) is 30.7. The molecule has 0 N–H and O–H groups in total. The monoisotopic (exact) mass is 630 g/mol. The van der Waals surface area contributed by atoms with Crippen LogP contribution < -0.4 is 9.64 Å². The van der Waals surface area contributed by atoms with E-state index in [1.165, 1.54) is 7.11 Å². The van der Waals surface area contributed by atoms with Crippen LogP contribution in [-0.4, -0.2) is 108 Å². The van der Waals surface area contributed by atoms with Crippen LogP contribution in [0.3, 0.4) is 0 Å². The van der Waals surface area contributed by atoms with Crippen LogP contribution in [0.5, 0.6) is 6.01 Å². The first-order chi connectivity index (χ1) is 21.9. The van der Waals surface area contributed by atoms with Gasteiger partial charge in [-0.15, -0.1) is 0 Å². The van der Waals surface area contributed by atoms with E-state index in [0.717, 1.165) is 36.9 Å². The molecule has 4 aliphatic rings. The zero-order valence-electron chi connectivity index (χ0n) is 24.8. The summed E-state index contributed by atoms with van der Waals surface area (Å²) in [6.45, 7) is 4.68. The Morgan fingerprint density at radius 2 is 2.04 bits per heavy atom. The van der Waals surface area contributed by atoms with Crippen molar-refractivity contribution in [2.24, 2.45) is 0 Å². The van der Waals surface area contributed by atoms with Crippen LogP contribution >= 0.6 is 11.6 Å². The number of fused-ring (bicyclic) bond motifs is 4. The van der Waals surface area contributed by atoms with E-state index in [1.807, 2.05) is 35.2 Å². The van der Waals surface area contributed by atoms with Crippen LogP contribution in [0.15, 0.2) is 54.7 Å². The first-order valence-electron chi connectivity index (χ1n) is 15.2. The quantitative estimate of drug-likeness (QED) is 0.292. The minimum Gasteiger partial charge on any atom is -0.467 e. The predicted octanol–water partition coefficient (Wildman–Crippen LogP) is 4.09. The number of nitrogens with zero attached hydrogens (tertiary/aromatic N) is 6. The summed E-state index contributed by atoms with van der Waals surface area (Å²) in [5.41, 5.74) is 0.310. The van der Waals surface area contributed by atoms with Crippen molar-refractivity contribution in [1.82, 2.24) is 24.8 Å². The Balaban J connectivity index is 1.09. The highest BCUT2D eigenvalue weighted by atomic mass is 35.5. The highest BCUT2D eigenvalue weighted by Crippen LogP contribution is 2.39. The number of benzene rings is 2. The van der Waals surface area contributed by atoms with E-state index in [-0.39, 0.29) is 23.1 Å². The number of piperazine rings is 1. The molecule has 0 aliphatic carbocycles. The first-order valence-corrected chi connectivity index (χ1v) is 15.6. The molecule has 12 heteroatoms. The number of hydrogen-bond acceptors (Lipinski definition) is 9. The molecule has 2 aromatic heterocycles. The van der Waals surface area contributed by atoms with Crippen molar-refractivity contribution >= 4 is 45.0 Å². The highest BCUT2D eigenvalue weighted by Gasteiger charge is 2.50. The molecule has 232 valence electrons. The Kier molecular flexibility index (Phi) is 7.09. The van der Waals surface area contributed by atoms with Crippen LogP contribution in [0.4, 0.5) is 10.2 Å². The fraction of sp³-hybridized carbons (Fsp3) is 0.394. The van der Waals surface area contributed by atoms with E-state index >= 15 is 4.39 Å². The Labute approximate surface area is 264 Å². The number of carbonyl (C=O) groups excluding carboxylic acids is 1. The molecule has 2 atom stereocenters. The summed E-state index contributed by atoms with van der Waals surface area (Å²) < 4.78 is 33.2. The lowest BCUT2D eigenvalue weighted by molar-refractivity contribution is -0.164. The number of ether oxygens (including phenoxy) is 3. The third-order valence-electron chi connectivity index (χ3n) is 9.51. The van der Waals surface area contributed by atoms with Crippen molar-refractivity contribution in [1.29, 1.82) is 0 Å². The van der Waals surface area contributed by atoms with E-state index < -0.39 is 11.4 Å². The molecule has 6 heterocycles. The molecule has 1 amide bonds. The van der Waals surface area contributed by atoms with Crippen molar-refractivity contribution in [3.63, 3.8) is 0 Å². The molecule has 10 nitrogen and oxygen atoms in total. The fourth-order valence-corrected chi connectivity index (χ4v) is 7.49. The van der Waals surface area contributed by atoms with Gasteiger partial charge in [0.2, 0.25) is 5.91 Å². The molecule has 0 saturated carbocycles. The van der Waals surface area contributed by atoms with E-state index in [4.69, 9.17) is 25.8 Å². The van der Waals surface area contributed by atoms with Gasteiger partial charge in [-0.2, -0.15) is 9.97 Å². The van der Waals surface area contributed by atoms with Gasteiger partial charge in [0.15, 0.2) is 5.82 Å². The molecule has 2 unspecified atom stereocenters. The lowest BCUT2D eigenvalue weighted by Crippen LogP contribution is -2.72. The van der Waals surface area contributed by atoms with E-state index in [2.05, 4.69) is 24.8 Å². The molecule has 8 rings (SSSR count). The summed E-state index contributed by atoms with van der Waals surface area (Å²) in [6.07, 6.45) is 6.65. The molecule has 2 bridgehead atoms. The Hall–Kier alpha value is -3.90. The topological polar surface area (TPSA) is 93.2 Å². The number of amides is 1. The summed E-state index contributed by atoms with van der Waals surface area (Å²) in [6, 6.07) is 11.7. The summed E-state index contributed by atoms with van der Waals surface area (Å²) >= 11 is 6.56. The standard InChI is InChI=1S/C33H32ClFN6O4/c1-43-32-37-30-24(14-36-29(28(30)35)23-7-2-5-20-6-3-8-25(34)27(20)23)31(38-32)40-11-12-41(33(17-40)18-44-19-33)26(42)9-4-10-39-15-22-13-21(39)16-45-22/h2-9,14,21-22H,10-13,15-19H2,1H3/b9-4+. The van der Waals surface area contributed by atoms with Crippen molar-refractivity contribution in [2.75, 3.05) is 64.6 Å². The SMILES string of the molecule is COc1nc(N2CCN(C(=O)/C=C/CN3CC4CC3CO4)C3(COC3)C2)c2cnc(-c3cccc4cccc(Cl)c34)c(F)c2n1. The molecule has 2 aromatic carbocycles. The summed E-state index contributed by atoms with van der Waals surface area (Å²) in [5.74, 6) is -0.110. The van der Waals surface area contributed by atoms with Crippen molar-refractivity contribution in [3.8, 4) is 17.3 Å². The molecule has 4 saturated heterocycles. The number of carbonyl (C=O) groups is 1. The third-order valence-corrected chi connectivity index (χ3v) is 9.82. The fourth-order valence-electron chi connectivity index (χ4n) is 7.20. The van der Waals surface area contributed by atoms with Gasteiger partial charge < -0.3 is 24.0 Å². The molecule has 45 heavy (non-hydrogen) atoms. The molecule has 0 radical (unpaired) electrons. The lowest BCUT2D eigenvalue weighted by Gasteiger charge is -2.55. The summed E-state index contributed by atoms with van der Waals surface area (Å²) in [5, 5.41) is 2.58. The van der Waals surface area contributed by atoms with Gasteiger partial charge in [0, 0.05) is 67.0 Å². The maximum Gasteiger partial charge on any atom is 0.318 e. The number of pyridine rings is 1. The Bertz CT molecular complexity index is 1850. The summed E-state index contributed by atoms with van der Waals surface area (Å²) in [4.78, 5) is 33.4. The van der Waals surface area contributed by atoms with E-state index in [9.17, 15) is 4.79 Å². The second-order valence-electron chi connectivity index (χ2n) is 12.2. The lowest BCUT2D eigenvalue weighted by atomic mass is 9.91. The number of halogens is 2. The zero-order valence-corrected chi connectivity index (χ0v) is 25.5. The van der Waals surface area contributed by atoms with Crippen LogP contribution in [0.25, 0.3) is 32.9 Å². The molecule has 4 aliphatic heterocycles. The minimum absolute atomic E-state index is 0.0326. The van der Waals surface area contributed by atoms with E-state index in [1.54, 1.807) is 24.4 Å². The molecular weight excluding hydrogens is 599 g/mol. The number of methoxy groups -OCH3 is 1. The van der Waals surface area contributed by atoms with Gasteiger partial charge in [0.25, 0.3) is 0 Å². The first kappa shape index (κ1) is 28.6. The van der Waals surface area contributed by atoms with Gasteiger partial charge >= 0.3 is 6.01 Å². The summed E-state index contributed by atoms with van der Waals surface area (Å²) in [7, 11) is 1.46. The van der Waals surface area contributed by atoms with Gasteiger partial charge in [0.05, 0.1) is 38.4 Å². The van der Waals surface area contributed by atoms with Gasteiger partial charge in [-0.25, -0.2) is 4.39 Å². The average molecular weight is 631 g/mol. The van der Waals surface area contributed by atoms with Gasteiger partial charge in [0.1, 0.15) is 22.6 Å². The van der Waals surface area contributed by atoms with Gasteiger partial charge in [-0.05, 0) is 17.9 Å². The molecular formula is C33H32ClFN6O4. The Morgan fingerprint density at radius 1 is 1.20 bits per heavy atom. The largest absolute Gasteiger partial charge is 0.467 e. The molecule has 1 spiro atoms. The number of morpholine rings is 1. The molecule has 4 aromatic rings. The second-order valence-corrected chi connectivity index (χ2v) is 12.6. The normalized spacial score (nSPS) is 22.6. The average Bonchev–Trinajstić information content (AvgIpc) is 3.67. The molecule has 4 fully saturated rings. The minimum atomic E-state index is -0.583. The van der Waals surface area contributed by atoms with Crippen molar-refractivity contribution < 1.29 is 23.4 Å². The smallest absolute Gasteiger partial charge is 0.318 e. The Morgan fingerprint density at radius 3 is 2.78 bits per heavy atom. The van der Waals surface area contributed by atoms with Gasteiger partial charge in [-0.1, -0.05) is 48.0 Å². The number of likely N-dealkylation sites (tertiary alicyclic amines) is 1. The van der Waals surface area contributed by atoms with Crippen LogP contribution in [-0.2, 0) is 14.3 Å². The van der Waals surface area contributed by atoms with Crippen LogP contribution in [0.1, 0.15) is 6.42 Å². The maximum absolute atomic E-state index is 16.4. The van der Waals surface area contributed by atoms with Crippen LogP contribution in [0.2, 0.25) is 5.02 Å². The predicted molar refractivity (Wildman–Crippen MR) is 168 cm³/mol. The second kappa shape index (κ2) is 11.2. The van der Waals surface area contributed by atoms with E-state index in [0.29, 0.717) is 66.8 Å². The van der Waals surface area contributed by atoms with Crippen molar-refractivity contribution in [2.45, 2.75) is 24.1 Å². The number of aromatic nitrogens is 3. The maximum atomic E-state index is 16.4. The number of anilines is 1.